The Bertz CT molecular complexity index is 710. The van der Waals surface area contributed by atoms with Gasteiger partial charge in [0.2, 0.25) is 0 Å². The van der Waals surface area contributed by atoms with Gasteiger partial charge in [0.25, 0.3) is 0 Å². The highest BCUT2D eigenvalue weighted by Gasteiger charge is 2.42. The van der Waals surface area contributed by atoms with E-state index in [-0.39, 0.29) is 5.54 Å². The maximum Gasteiger partial charge on any atom is 0.109 e. The van der Waals surface area contributed by atoms with Gasteiger partial charge in [-0.05, 0) is 49.6 Å². The van der Waals surface area contributed by atoms with E-state index >= 15 is 0 Å². The predicted octanol–water partition coefficient (Wildman–Crippen LogP) is 2.59. The monoisotopic (exact) mass is 337 g/mol. The molecule has 0 bridgehead atoms. The standard InChI is InChI=1S/C21H27N3O/c1-23-13-9-17-6-2-3-7-18(17)21(23)10-14-24(15-11-21)16-20(25)19-8-4-5-12-22-19/h2-8,12,20,25H,9-11,13-16H2,1H3. The van der Waals surface area contributed by atoms with E-state index in [1.54, 1.807) is 6.20 Å². The smallest absolute Gasteiger partial charge is 0.109 e. The van der Waals surface area contributed by atoms with Crippen LogP contribution in [0.15, 0.2) is 48.7 Å². The summed E-state index contributed by atoms with van der Waals surface area (Å²) in [5.41, 5.74) is 3.97. The van der Waals surface area contributed by atoms with Crippen LogP contribution in [0.1, 0.15) is 35.8 Å². The molecule has 25 heavy (non-hydrogen) atoms. The molecule has 1 aromatic carbocycles. The number of β-amino-alcohol motifs (C(OH)–C–C–N with tert-alkyl or cyclic N) is 1. The first kappa shape index (κ1) is 16.7. The van der Waals surface area contributed by atoms with Crippen molar-refractivity contribution in [3.8, 4) is 0 Å². The number of likely N-dealkylation sites (N-methyl/N-ethyl adjacent to an activating group) is 1. The topological polar surface area (TPSA) is 39.6 Å². The number of nitrogens with zero attached hydrogens (tertiary/aromatic N) is 3. The van der Waals surface area contributed by atoms with Gasteiger partial charge >= 0.3 is 0 Å². The largest absolute Gasteiger partial charge is 0.385 e. The van der Waals surface area contributed by atoms with E-state index in [4.69, 9.17) is 0 Å². The summed E-state index contributed by atoms with van der Waals surface area (Å²) in [7, 11) is 2.27. The molecular weight excluding hydrogens is 310 g/mol. The Morgan fingerprint density at radius 2 is 1.84 bits per heavy atom. The van der Waals surface area contributed by atoms with Crippen molar-refractivity contribution in [3.63, 3.8) is 0 Å². The van der Waals surface area contributed by atoms with Gasteiger partial charge in [0.1, 0.15) is 6.10 Å². The number of fused-ring (bicyclic) bond motifs is 2. The maximum atomic E-state index is 10.5. The number of aliphatic hydroxyl groups excluding tert-OH is 1. The Labute approximate surface area is 150 Å². The minimum Gasteiger partial charge on any atom is -0.385 e. The fourth-order valence-electron chi connectivity index (χ4n) is 4.57. The predicted molar refractivity (Wildman–Crippen MR) is 99.3 cm³/mol. The third-order valence-corrected chi connectivity index (χ3v) is 6.11. The molecule has 0 amide bonds. The number of hydrogen-bond acceptors (Lipinski definition) is 4. The van der Waals surface area contributed by atoms with Crippen LogP contribution < -0.4 is 0 Å². The van der Waals surface area contributed by atoms with Gasteiger partial charge < -0.3 is 10.0 Å². The van der Waals surface area contributed by atoms with Gasteiger partial charge in [-0.2, -0.15) is 0 Å². The van der Waals surface area contributed by atoms with Crippen LogP contribution in [0.2, 0.25) is 0 Å². The van der Waals surface area contributed by atoms with Gasteiger partial charge in [-0.15, -0.1) is 0 Å². The number of rotatable bonds is 3. The Morgan fingerprint density at radius 1 is 1.08 bits per heavy atom. The summed E-state index contributed by atoms with van der Waals surface area (Å²) in [5.74, 6) is 0. The fourth-order valence-corrected chi connectivity index (χ4v) is 4.57. The molecule has 1 unspecified atom stereocenters. The van der Waals surface area contributed by atoms with Gasteiger partial charge in [0, 0.05) is 37.9 Å². The molecule has 2 aromatic rings. The second-order valence-corrected chi connectivity index (χ2v) is 7.43. The van der Waals surface area contributed by atoms with Crippen molar-refractivity contribution in [2.45, 2.75) is 30.9 Å². The quantitative estimate of drug-likeness (QED) is 0.934. The number of aromatic nitrogens is 1. The van der Waals surface area contributed by atoms with Crippen LogP contribution in [0.4, 0.5) is 0 Å². The zero-order valence-corrected chi connectivity index (χ0v) is 14.9. The Morgan fingerprint density at radius 3 is 2.60 bits per heavy atom. The molecule has 1 saturated heterocycles. The molecule has 1 atom stereocenters. The summed E-state index contributed by atoms with van der Waals surface area (Å²) in [6.07, 6.45) is 4.63. The van der Waals surface area contributed by atoms with Crippen molar-refractivity contribution >= 4 is 0 Å². The molecule has 4 heteroatoms. The lowest BCUT2D eigenvalue weighted by Crippen LogP contribution is -2.55. The molecule has 132 valence electrons. The average molecular weight is 337 g/mol. The number of piperidine rings is 1. The summed E-state index contributed by atoms with van der Waals surface area (Å²) in [5, 5.41) is 10.5. The van der Waals surface area contributed by atoms with E-state index in [0.717, 1.165) is 44.6 Å². The first-order valence-corrected chi connectivity index (χ1v) is 9.30. The lowest BCUT2D eigenvalue weighted by atomic mass is 9.74. The van der Waals surface area contributed by atoms with Gasteiger partial charge in [-0.1, -0.05) is 30.3 Å². The van der Waals surface area contributed by atoms with E-state index in [1.807, 2.05) is 18.2 Å². The SMILES string of the molecule is CN1CCc2ccccc2C12CCN(CC(O)c1ccccn1)CC2. The van der Waals surface area contributed by atoms with E-state index in [2.05, 4.69) is 46.1 Å². The van der Waals surface area contributed by atoms with Crippen molar-refractivity contribution in [1.82, 2.24) is 14.8 Å². The zero-order chi connectivity index (χ0) is 17.3. The number of pyridine rings is 1. The summed E-state index contributed by atoms with van der Waals surface area (Å²) in [6.45, 7) is 3.83. The molecule has 0 aliphatic carbocycles. The van der Waals surface area contributed by atoms with Gasteiger partial charge in [0.05, 0.1) is 5.69 Å². The van der Waals surface area contributed by atoms with Crippen molar-refractivity contribution in [2.75, 3.05) is 33.2 Å². The number of hydrogen-bond donors (Lipinski definition) is 1. The summed E-state index contributed by atoms with van der Waals surface area (Å²) in [6, 6.07) is 14.7. The Hall–Kier alpha value is -1.75. The maximum absolute atomic E-state index is 10.5. The second-order valence-electron chi connectivity index (χ2n) is 7.43. The fraction of sp³-hybridized carbons (Fsp3) is 0.476. The van der Waals surface area contributed by atoms with Crippen LogP contribution in [0.3, 0.4) is 0 Å². The van der Waals surface area contributed by atoms with E-state index in [1.165, 1.54) is 11.1 Å². The van der Waals surface area contributed by atoms with Crippen molar-refractivity contribution < 1.29 is 5.11 Å². The molecule has 2 aliphatic rings. The highest BCUT2D eigenvalue weighted by Crippen LogP contribution is 2.42. The zero-order valence-electron chi connectivity index (χ0n) is 14.9. The van der Waals surface area contributed by atoms with Crippen LogP contribution in [-0.4, -0.2) is 53.1 Å². The van der Waals surface area contributed by atoms with Crippen molar-refractivity contribution in [3.05, 3.63) is 65.5 Å². The van der Waals surface area contributed by atoms with Gasteiger partial charge in [0.15, 0.2) is 0 Å². The summed E-state index contributed by atoms with van der Waals surface area (Å²) >= 11 is 0. The van der Waals surface area contributed by atoms with Gasteiger partial charge in [-0.25, -0.2) is 0 Å². The van der Waals surface area contributed by atoms with Crippen LogP contribution in [0.5, 0.6) is 0 Å². The van der Waals surface area contributed by atoms with E-state index in [9.17, 15) is 5.11 Å². The summed E-state index contributed by atoms with van der Waals surface area (Å²) < 4.78 is 0. The highest BCUT2D eigenvalue weighted by atomic mass is 16.3. The normalized spacial score (nSPS) is 21.8. The number of benzene rings is 1. The molecule has 3 heterocycles. The lowest BCUT2D eigenvalue weighted by molar-refractivity contribution is 0.0111. The Balaban J connectivity index is 1.46. The molecule has 0 saturated carbocycles. The van der Waals surface area contributed by atoms with Crippen LogP contribution >= 0.6 is 0 Å². The molecular formula is C21H27N3O. The highest BCUT2D eigenvalue weighted by molar-refractivity contribution is 5.37. The number of likely N-dealkylation sites (tertiary alicyclic amines) is 1. The molecule has 4 nitrogen and oxygen atoms in total. The van der Waals surface area contributed by atoms with E-state index < -0.39 is 6.10 Å². The van der Waals surface area contributed by atoms with Crippen LogP contribution in [-0.2, 0) is 12.0 Å². The second kappa shape index (κ2) is 6.87. The molecule has 1 fully saturated rings. The molecule has 4 rings (SSSR count). The minimum absolute atomic E-state index is 0.168. The molecule has 0 radical (unpaired) electrons. The molecule has 1 spiro atoms. The first-order valence-electron chi connectivity index (χ1n) is 9.30. The molecule has 1 N–H and O–H groups in total. The minimum atomic E-state index is -0.508. The van der Waals surface area contributed by atoms with Crippen molar-refractivity contribution in [1.29, 1.82) is 0 Å². The van der Waals surface area contributed by atoms with Crippen LogP contribution in [0.25, 0.3) is 0 Å². The number of aliphatic hydroxyl groups is 1. The van der Waals surface area contributed by atoms with Gasteiger partial charge in [-0.3, -0.25) is 9.88 Å². The van der Waals surface area contributed by atoms with E-state index in [0.29, 0.717) is 6.54 Å². The average Bonchev–Trinajstić information content (AvgIpc) is 2.67. The molecule has 1 aromatic heterocycles. The summed E-state index contributed by atoms with van der Waals surface area (Å²) in [4.78, 5) is 9.23. The third kappa shape index (κ3) is 3.10. The van der Waals surface area contributed by atoms with Crippen LogP contribution in [0, 0.1) is 0 Å². The lowest BCUT2D eigenvalue weighted by Gasteiger charge is -2.51. The first-order chi connectivity index (χ1) is 12.2. The third-order valence-electron chi connectivity index (χ3n) is 6.11. The Kier molecular flexibility index (Phi) is 4.59. The molecule has 2 aliphatic heterocycles. The van der Waals surface area contributed by atoms with Crippen molar-refractivity contribution in [2.24, 2.45) is 0 Å².